The Morgan fingerprint density at radius 1 is 0.905 bits per heavy atom. The molecule has 1 aliphatic rings. The fourth-order valence-corrected chi connectivity index (χ4v) is 5.04. The van der Waals surface area contributed by atoms with Gasteiger partial charge in [-0.1, -0.05) is 48.5 Å². The molecule has 0 saturated carbocycles. The SMILES string of the molecule is COc1ccccc1C1/C(=C(\O)c2ccc(OCc3ccccc3)c(C)c2)C(=O)C(=O)N1c1ccc(NC(C)=O)cc1. The number of anilines is 2. The van der Waals surface area contributed by atoms with Gasteiger partial charge >= 0.3 is 0 Å². The average molecular weight is 563 g/mol. The van der Waals surface area contributed by atoms with Crippen LogP contribution in [0.1, 0.15) is 35.2 Å². The lowest BCUT2D eigenvalue weighted by molar-refractivity contribution is -0.132. The number of aliphatic hydroxyl groups is 1. The molecule has 8 heteroatoms. The number of Topliss-reactive ketones (excluding diaryl/α,β-unsaturated/α-hetero) is 1. The largest absolute Gasteiger partial charge is 0.507 e. The molecule has 1 heterocycles. The maximum atomic E-state index is 13.6. The number of methoxy groups -OCH3 is 1. The molecule has 8 nitrogen and oxygen atoms in total. The summed E-state index contributed by atoms with van der Waals surface area (Å²) in [5, 5.41) is 14.3. The number of ketones is 1. The average Bonchev–Trinajstić information content (AvgIpc) is 3.26. The Morgan fingerprint density at radius 3 is 2.26 bits per heavy atom. The lowest BCUT2D eigenvalue weighted by Gasteiger charge is -2.27. The number of aryl methyl sites for hydroxylation is 1. The highest BCUT2D eigenvalue weighted by Crippen LogP contribution is 2.45. The van der Waals surface area contributed by atoms with Crippen LogP contribution in [0.5, 0.6) is 11.5 Å². The molecule has 212 valence electrons. The summed E-state index contributed by atoms with van der Waals surface area (Å²) in [5.41, 5.74) is 3.58. The molecule has 1 fully saturated rings. The van der Waals surface area contributed by atoms with E-state index in [0.717, 1.165) is 11.1 Å². The van der Waals surface area contributed by atoms with Crippen LogP contribution in [0.3, 0.4) is 0 Å². The van der Waals surface area contributed by atoms with Gasteiger partial charge in [0.1, 0.15) is 23.9 Å². The van der Waals surface area contributed by atoms with Crippen molar-refractivity contribution in [1.29, 1.82) is 0 Å². The van der Waals surface area contributed by atoms with Crippen LogP contribution in [0.2, 0.25) is 0 Å². The zero-order valence-corrected chi connectivity index (χ0v) is 23.5. The fraction of sp³-hybridized carbons (Fsp3) is 0.147. The van der Waals surface area contributed by atoms with Gasteiger partial charge < -0.3 is 19.9 Å². The van der Waals surface area contributed by atoms with Gasteiger partial charge in [0.15, 0.2) is 0 Å². The Balaban J connectivity index is 1.57. The van der Waals surface area contributed by atoms with Gasteiger partial charge in [0, 0.05) is 29.4 Å². The summed E-state index contributed by atoms with van der Waals surface area (Å²) >= 11 is 0. The minimum atomic E-state index is -0.970. The lowest BCUT2D eigenvalue weighted by atomic mass is 9.94. The molecule has 0 aliphatic carbocycles. The van der Waals surface area contributed by atoms with Crippen LogP contribution in [0.4, 0.5) is 11.4 Å². The van der Waals surface area contributed by atoms with Crippen LogP contribution < -0.4 is 19.7 Å². The van der Waals surface area contributed by atoms with E-state index in [4.69, 9.17) is 9.47 Å². The summed E-state index contributed by atoms with van der Waals surface area (Å²) in [6.45, 7) is 3.63. The molecule has 0 spiro atoms. The van der Waals surface area contributed by atoms with E-state index in [1.54, 1.807) is 66.7 Å². The van der Waals surface area contributed by atoms with Gasteiger partial charge in [-0.05, 0) is 66.6 Å². The van der Waals surface area contributed by atoms with Gasteiger partial charge in [-0.2, -0.15) is 0 Å². The van der Waals surface area contributed by atoms with E-state index in [0.29, 0.717) is 40.6 Å². The number of carbonyl (C=O) groups excluding carboxylic acids is 3. The van der Waals surface area contributed by atoms with Crippen LogP contribution >= 0.6 is 0 Å². The van der Waals surface area contributed by atoms with Crippen molar-refractivity contribution < 1.29 is 29.0 Å². The third-order valence-corrected chi connectivity index (χ3v) is 7.03. The van der Waals surface area contributed by atoms with Gasteiger partial charge in [0.25, 0.3) is 11.7 Å². The second-order valence-corrected chi connectivity index (χ2v) is 9.89. The van der Waals surface area contributed by atoms with E-state index in [9.17, 15) is 19.5 Å². The highest BCUT2D eigenvalue weighted by Gasteiger charge is 2.48. The molecule has 4 aromatic rings. The Kier molecular flexibility index (Phi) is 8.06. The van der Waals surface area contributed by atoms with Gasteiger partial charge in [-0.15, -0.1) is 0 Å². The number of benzene rings is 4. The number of para-hydroxylation sites is 1. The maximum Gasteiger partial charge on any atom is 0.300 e. The molecule has 0 aromatic heterocycles. The van der Waals surface area contributed by atoms with Crippen molar-refractivity contribution in [1.82, 2.24) is 0 Å². The second kappa shape index (κ2) is 12.0. The highest BCUT2D eigenvalue weighted by molar-refractivity contribution is 6.51. The summed E-state index contributed by atoms with van der Waals surface area (Å²) < 4.78 is 11.6. The minimum Gasteiger partial charge on any atom is -0.507 e. The summed E-state index contributed by atoms with van der Waals surface area (Å²) in [5.74, 6) is -1.06. The molecule has 5 rings (SSSR count). The van der Waals surface area contributed by atoms with Crippen molar-refractivity contribution in [3.63, 3.8) is 0 Å². The molecule has 0 radical (unpaired) electrons. The summed E-state index contributed by atoms with van der Waals surface area (Å²) in [7, 11) is 1.50. The Labute approximate surface area is 243 Å². The molecule has 0 bridgehead atoms. The first kappa shape index (κ1) is 28.2. The highest BCUT2D eigenvalue weighted by atomic mass is 16.5. The molecule has 4 aromatic carbocycles. The predicted octanol–water partition coefficient (Wildman–Crippen LogP) is 6.17. The van der Waals surface area contributed by atoms with Gasteiger partial charge in [0.2, 0.25) is 5.91 Å². The van der Waals surface area contributed by atoms with Gasteiger partial charge in [0.05, 0.1) is 18.7 Å². The quantitative estimate of drug-likeness (QED) is 0.151. The molecular formula is C34H30N2O6. The number of carbonyl (C=O) groups is 3. The number of aliphatic hydroxyl groups excluding tert-OH is 1. The third-order valence-electron chi connectivity index (χ3n) is 7.03. The van der Waals surface area contributed by atoms with Crippen molar-refractivity contribution >= 4 is 34.7 Å². The number of nitrogens with zero attached hydrogens (tertiary/aromatic N) is 1. The van der Waals surface area contributed by atoms with Crippen molar-refractivity contribution in [3.8, 4) is 11.5 Å². The normalized spacial score (nSPS) is 15.9. The molecule has 2 amide bonds. The maximum absolute atomic E-state index is 13.6. The Morgan fingerprint density at radius 2 is 1.60 bits per heavy atom. The van der Waals surface area contributed by atoms with Crippen LogP contribution in [0.25, 0.3) is 5.76 Å². The number of hydrogen-bond donors (Lipinski definition) is 2. The van der Waals surface area contributed by atoms with Crippen LogP contribution in [-0.4, -0.2) is 29.8 Å². The van der Waals surface area contributed by atoms with E-state index in [1.165, 1.54) is 18.9 Å². The number of hydrogen-bond acceptors (Lipinski definition) is 6. The zero-order valence-electron chi connectivity index (χ0n) is 23.5. The Hall–Kier alpha value is -5.37. The van der Waals surface area contributed by atoms with Gasteiger partial charge in [-0.3, -0.25) is 19.3 Å². The molecule has 2 N–H and O–H groups in total. The molecule has 1 aliphatic heterocycles. The van der Waals surface area contributed by atoms with E-state index in [2.05, 4.69) is 5.32 Å². The summed E-state index contributed by atoms with van der Waals surface area (Å²) in [6, 6.07) is 27.6. The lowest BCUT2D eigenvalue weighted by Crippen LogP contribution is -2.29. The fourth-order valence-electron chi connectivity index (χ4n) is 5.04. The van der Waals surface area contributed by atoms with E-state index >= 15 is 0 Å². The first-order chi connectivity index (χ1) is 20.3. The number of amides is 2. The van der Waals surface area contributed by atoms with Crippen molar-refractivity contribution in [2.24, 2.45) is 0 Å². The molecule has 1 atom stereocenters. The second-order valence-electron chi connectivity index (χ2n) is 9.89. The first-order valence-electron chi connectivity index (χ1n) is 13.4. The smallest absolute Gasteiger partial charge is 0.300 e. The number of rotatable bonds is 8. The van der Waals surface area contributed by atoms with E-state index < -0.39 is 17.7 Å². The molecular weight excluding hydrogens is 532 g/mol. The molecule has 1 unspecified atom stereocenters. The summed E-state index contributed by atoms with van der Waals surface area (Å²) in [4.78, 5) is 39.9. The van der Waals surface area contributed by atoms with Gasteiger partial charge in [-0.25, -0.2) is 0 Å². The third kappa shape index (κ3) is 5.60. The van der Waals surface area contributed by atoms with Crippen LogP contribution in [-0.2, 0) is 21.0 Å². The topological polar surface area (TPSA) is 105 Å². The van der Waals surface area contributed by atoms with E-state index in [1.807, 2.05) is 37.3 Å². The first-order valence-corrected chi connectivity index (χ1v) is 13.4. The number of ether oxygens (including phenoxy) is 2. The van der Waals surface area contributed by atoms with Crippen molar-refractivity contribution in [2.45, 2.75) is 26.5 Å². The molecule has 42 heavy (non-hydrogen) atoms. The van der Waals surface area contributed by atoms with Crippen LogP contribution in [0, 0.1) is 6.92 Å². The van der Waals surface area contributed by atoms with Crippen molar-refractivity contribution in [3.05, 3.63) is 125 Å². The minimum absolute atomic E-state index is 0.0622. The van der Waals surface area contributed by atoms with E-state index in [-0.39, 0.29) is 17.2 Å². The summed E-state index contributed by atoms with van der Waals surface area (Å²) in [6.07, 6.45) is 0. The van der Waals surface area contributed by atoms with Crippen molar-refractivity contribution in [2.75, 3.05) is 17.3 Å². The Bertz CT molecular complexity index is 1680. The zero-order chi connectivity index (χ0) is 29.8. The molecule has 1 saturated heterocycles. The standard InChI is InChI=1S/C34H30N2O6/c1-21-19-24(13-18-28(21)42-20-23-9-5-4-6-10-23)32(38)30-31(27-11-7-8-12-29(27)41-3)36(34(40)33(30)39)26-16-14-25(15-17-26)35-22(2)37/h4-19,31,38H,20H2,1-3H3,(H,35,37)/b32-30+. The predicted molar refractivity (Wildman–Crippen MR) is 160 cm³/mol. The monoisotopic (exact) mass is 562 g/mol. The number of nitrogens with one attached hydrogen (secondary N) is 1. The van der Waals surface area contributed by atoms with Crippen LogP contribution in [0.15, 0.2) is 103 Å².